The summed E-state index contributed by atoms with van der Waals surface area (Å²) in [6.45, 7) is 2.44. The number of carbonyl (C=O) groups is 3. The highest BCUT2D eigenvalue weighted by Gasteiger charge is 2.56. The van der Waals surface area contributed by atoms with E-state index in [0.717, 1.165) is 12.8 Å². The van der Waals surface area contributed by atoms with Gasteiger partial charge in [-0.05, 0) is 24.1 Å². The molecule has 2 aromatic carbocycles. The van der Waals surface area contributed by atoms with Crippen molar-refractivity contribution in [1.82, 2.24) is 10.6 Å². The van der Waals surface area contributed by atoms with Crippen molar-refractivity contribution in [2.75, 3.05) is 13.1 Å². The van der Waals surface area contributed by atoms with E-state index in [1.807, 2.05) is 6.92 Å². The van der Waals surface area contributed by atoms with Gasteiger partial charge in [0.2, 0.25) is 5.91 Å². The monoisotopic (exact) mass is 494 g/mol. The van der Waals surface area contributed by atoms with Crippen molar-refractivity contribution in [3.63, 3.8) is 0 Å². The SMILES string of the molecule is CCCCNCC(=O)NC(Cc1ccccc1)(c1ccccc1)C(F)(F)F.O=C(O)/C=C\C(=O)O. The van der Waals surface area contributed by atoms with Gasteiger partial charge in [-0.15, -0.1) is 0 Å². The van der Waals surface area contributed by atoms with Crippen molar-refractivity contribution in [1.29, 1.82) is 0 Å². The van der Waals surface area contributed by atoms with Crippen LogP contribution in [0.2, 0.25) is 0 Å². The third-order valence-electron chi connectivity index (χ3n) is 4.78. The number of unbranched alkanes of at least 4 members (excludes halogenated alkanes) is 1. The predicted octanol–water partition coefficient (Wildman–Crippen LogP) is 3.90. The van der Waals surface area contributed by atoms with E-state index in [4.69, 9.17) is 10.2 Å². The maximum atomic E-state index is 14.3. The van der Waals surface area contributed by atoms with Crippen molar-refractivity contribution in [3.8, 4) is 0 Å². The minimum atomic E-state index is -4.66. The summed E-state index contributed by atoms with van der Waals surface area (Å²) in [5, 5.41) is 20.8. The average molecular weight is 495 g/mol. The van der Waals surface area contributed by atoms with Crippen LogP contribution in [0.5, 0.6) is 0 Å². The van der Waals surface area contributed by atoms with Gasteiger partial charge in [-0.25, -0.2) is 9.59 Å². The molecule has 1 amide bonds. The molecule has 0 radical (unpaired) electrons. The van der Waals surface area contributed by atoms with Gasteiger partial charge in [-0.1, -0.05) is 74.0 Å². The summed E-state index contributed by atoms with van der Waals surface area (Å²) in [5.41, 5.74) is -1.97. The van der Waals surface area contributed by atoms with Gasteiger partial charge in [0.25, 0.3) is 0 Å². The molecule has 0 bridgehead atoms. The molecule has 190 valence electrons. The summed E-state index contributed by atoms with van der Waals surface area (Å²) in [6.07, 6.45) is -2.12. The molecule has 4 N–H and O–H groups in total. The van der Waals surface area contributed by atoms with E-state index in [0.29, 0.717) is 24.3 Å². The highest BCUT2D eigenvalue weighted by atomic mass is 19.4. The average Bonchev–Trinajstić information content (AvgIpc) is 2.81. The predicted molar refractivity (Wildman–Crippen MR) is 125 cm³/mol. The van der Waals surface area contributed by atoms with E-state index in [9.17, 15) is 27.6 Å². The number of hydrogen-bond donors (Lipinski definition) is 4. The molecule has 2 aromatic rings. The van der Waals surface area contributed by atoms with E-state index in [1.54, 1.807) is 48.5 Å². The molecule has 0 aliphatic heterocycles. The quantitative estimate of drug-likeness (QED) is 0.278. The number of carboxylic acid groups (broad SMARTS) is 2. The smallest absolute Gasteiger partial charge is 0.416 e. The molecular weight excluding hydrogens is 465 g/mol. The number of alkyl halides is 3. The van der Waals surface area contributed by atoms with Gasteiger partial charge in [0.1, 0.15) is 0 Å². The zero-order valence-corrected chi connectivity index (χ0v) is 19.2. The number of halogens is 3. The van der Waals surface area contributed by atoms with Crippen LogP contribution in [0.25, 0.3) is 0 Å². The zero-order chi connectivity index (χ0) is 26.3. The van der Waals surface area contributed by atoms with Crippen molar-refractivity contribution >= 4 is 17.8 Å². The molecule has 1 atom stereocenters. The molecular formula is C25H29F3N2O5. The first kappa shape index (κ1) is 29.4. The molecule has 2 rings (SSSR count). The first-order valence-electron chi connectivity index (χ1n) is 10.8. The Kier molecular flexibility index (Phi) is 12.2. The van der Waals surface area contributed by atoms with Crippen LogP contribution in [0.4, 0.5) is 13.2 Å². The topological polar surface area (TPSA) is 116 Å². The third kappa shape index (κ3) is 10.4. The van der Waals surface area contributed by atoms with Gasteiger partial charge in [0.15, 0.2) is 5.54 Å². The summed E-state index contributed by atoms with van der Waals surface area (Å²) < 4.78 is 42.9. The van der Waals surface area contributed by atoms with Crippen molar-refractivity contribution in [2.24, 2.45) is 0 Å². The molecule has 7 nitrogen and oxygen atoms in total. The Balaban J connectivity index is 0.000000658. The Bertz CT molecular complexity index is 950. The number of benzene rings is 2. The third-order valence-corrected chi connectivity index (χ3v) is 4.78. The van der Waals surface area contributed by atoms with E-state index in [2.05, 4.69) is 10.6 Å². The molecule has 1 unspecified atom stereocenters. The van der Waals surface area contributed by atoms with Gasteiger partial charge in [0.05, 0.1) is 6.54 Å². The lowest BCUT2D eigenvalue weighted by atomic mass is 9.82. The Morgan fingerprint density at radius 3 is 1.86 bits per heavy atom. The van der Waals surface area contributed by atoms with Gasteiger partial charge in [-0.2, -0.15) is 13.2 Å². The lowest BCUT2D eigenvalue weighted by Gasteiger charge is -2.37. The zero-order valence-electron chi connectivity index (χ0n) is 19.2. The lowest BCUT2D eigenvalue weighted by Crippen LogP contribution is -2.59. The normalized spacial score (nSPS) is 12.8. The minimum absolute atomic E-state index is 0.0169. The number of hydrogen-bond acceptors (Lipinski definition) is 4. The second-order valence-electron chi connectivity index (χ2n) is 7.52. The Morgan fingerprint density at radius 1 is 0.886 bits per heavy atom. The second kappa shape index (κ2) is 14.6. The number of aliphatic carboxylic acids is 2. The molecule has 10 heteroatoms. The number of amides is 1. The highest BCUT2D eigenvalue weighted by Crippen LogP contribution is 2.41. The molecule has 0 aromatic heterocycles. The fraction of sp³-hybridized carbons (Fsp3) is 0.320. The van der Waals surface area contributed by atoms with Crippen LogP contribution < -0.4 is 10.6 Å². The summed E-state index contributed by atoms with van der Waals surface area (Å²) >= 11 is 0. The van der Waals surface area contributed by atoms with Crippen molar-refractivity contribution < 1.29 is 37.8 Å². The number of carbonyl (C=O) groups excluding carboxylic acids is 1. The summed E-state index contributed by atoms with van der Waals surface area (Å²) in [4.78, 5) is 31.5. The van der Waals surface area contributed by atoms with E-state index >= 15 is 0 Å². The Morgan fingerprint density at radius 2 is 1.40 bits per heavy atom. The summed E-state index contributed by atoms with van der Waals surface area (Å²) in [5.74, 6) is -3.19. The van der Waals surface area contributed by atoms with Gasteiger partial charge in [0, 0.05) is 18.6 Å². The molecule has 0 saturated heterocycles. The maximum absolute atomic E-state index is 14.3. The van der Waals surface area contributed by atoms with E-state index < -0.39 is 29.6 Å². The molecule has 0 aliphatic carbocycles. The molecule has 35 heavy (non-hydrogen) atoms. The van der Waals surface area contributed by atoms with Gasteiger partial charge >= 0.3 is 18.1 Å². The fourth-order valence-electron chi connectivity index (χ4n) is 3.11. The Hall–Kier alpha value is -3.66. The number of nitrogens with one attached hydrogen (secondary N) is 2. The van der Waals surface area contributed by atoms with Crippen LogP contribution in [0.3, 0.4) is 0 Å². The maximum Gasteiger partial charge on any atom is 0.416 e. The highest BCUT2D eigenvalue weighted by molar-refractivity contribution is 5.89. The lowest BCUT2D eigenvalue weighted by molar-refractivity contribution is -0.202. The van der Waals surface area contributed by atoms with Crippen LogP contribution in [-0.2, 0) is 26.3 Å². The summed E-state index contributed by atoms with van der Waals surface area (Å²) in [6, 6.07) is 16.0. The first-order chi connectivity index (χ1) is 16.5. The largest absolute Gasteiger partial charge is 0.478 e. The van der Waals surface area contributed by atoms with Crippen LogP contribution in [0.15, 0.2) is 72.8 Å². The van der Waals surface area contributed by atoms with Crippen LogP contribution >= 0.6 is 0 Å². The van der Waals surface area contributed by atoms with Crippen molar-refractivity contribution in [3.05, 3.63) is 83.9 Å². The second-order valence-corrected chi connectivity index (χ2v) is 7.52. The fourth-order valence-corrected chi connectivity index (χ4v) is 3.11. The Labute approximate surface area is 201 Å². The first-order valence-corrected chi connectivity index (χ1v) is 10.8. The van der Waals surface area contributed by atoms with Gasteiger partial charge in [-0.3, -0.25) is 4.79 Å². The van der Waals surface area contributed by atoms with Crippen molar-refractivity contribution in [2.45, 2.75) is 37.9 Å². The van der Waals surface area contributed by atoms with Crippen LogP contribution in [0.1, 0.15) is 30.9 Å². The van der Waals surface area contributed by atoms with Crippen LogP contribution in [0, 0.1) is 0 Å². The minimum Gasteiger partial charge on any atom is -0.478 e. The van der Waals surface area contributed by atoms with E-state index in [-0.39, 0.29) is 18.5 Å². The van der Waals surface area contributed by atoms with Gasteiger partial charge < -0.3 is 20.8 Å². The number of carboxylic acids is 2. The molecule has 0 fully saturated rings. The molecule has 0 saturated carbocycles. The summed E-state index contributed by atoms with van der Waals surface area (Å²) in [7, 11) is 0. The van der Waals surface area contributed by atoms with E-state index in [1.165, 1.54) is 12.1 Å². The van der Waals surface area contributed by atoms with Crippen LogP contribution in [-0.4, -0.2) is 47.3 Å². The molecule has 0 spiro atoms. The number of rotatable bonds is 11. The standard InChI is InChI=1S/C21H25F3N2O.C4H4O4/c1-2-3-14-25-16-19(27)26-20(21(22,23)24,18-12-8-5-9-13-18)15-17-10-6-4-7-11-17;5-3(6)1-2-4(7)8/h4-13,25H,2-3,14-16H2,1H3,(H,26,27);1-2H,(H,5,6)(H,7,8)/b;2-1-. The molecule has 0 heterocycles. The molecule has 0 aliphatic rings.